The number of methoxy groups -OCH3 is 1. The summed E-state index contributed by atoms with van der Waals surface area (Å²) < 4.78 is 6.50. The summed E-state index contributed by atoms with van der Waals surface area (Å²) in [6.45, 7) is 1.75. The lowest BCUT2D eigenvalue weighted by Gasteiger charge is -2.11. The third kappa shape index (κ3) is 4.50. The number of rotatable bonds is 6. The molecule has 0 aliphatic rings. The summed E-state index contributed by atoms with van der Waals surface area (Å²) in [4.78, 5) is 16.4. The largest absolute Gasteiger partial charge is 0.497 e. The number of aromatic nitrogens is 4. The molecule has 3 rings (SSSR count). The molecule has 0 aliphatic heterocycles. The highest BCUT2D eigenvalue weighted by Gasteiger charge is 2.20. The van der Waals surface area contributed by atoms with Gasteiger partial charge in [0, 0.05) is 11.8 Å². The molecule has 1 amide bonds. The van der Waals surface area contributed by atoms with Crippen LogP contribution in [0.25, 0.3) is 11.4 Å². The van der Waals surface area contributed by atoms with Gasteiger partial charge in [0.05, 0.1) is 17.4 Å². The summed E-state index contributed by atoms with van der Waals surface area (Å²) in [7, 11) is 1.60. The van der Waals surface area contributed by atoms with Gasteiger partial charge in [0.1, 0.15) is 11.6 Å². The molecule has 1 atom stereocenters. The summed E-state index contributed by atoms with van der Waals surface area (Å²) in [6.07, 6.45) is 1.46. The Morgan fingerprint density at radius 2 is 2.00 bits per heavy atom. The van der Waals surface area contributed by atoms with Gasteiger partial charge in [0.25, 0.3) is 0 Å². The van der Waals surface area contributed by atoms with Crippen molar-refractivity contribution >= 4 is 35.1 Å². The molecule has 10 heteroatoms. The quantitative estimate of drug-likeness (QED) is 0.480. The minimum absolute atomic E-state index is 0.233. The minimum atomic E-state index is -0.460. The van der Waals surface area contributed by atoms with E-state index in [9.17, 15) is 4.79 Å². The molecule has 0 bridgehead atoms. The van der Waals surface area contributed by atoms with Gasteiger partial charge in [-0.25, -0.2) is 9.66 Å². The number of nitrogens with zero attached hydrogens (tertiary/aromatic N) is 4. The van der Waals surface area contributed by atoms with Crippen LogP contribution in [-0.4, -0.2) is 38.1 Å². The van der Waals surface area contributed by atoms with Gasteiger partial charge in [0.15, 0.2) is 5.82 Å². The molecule has 1 aromatic carbocycles. The van der Waals surface area contributed by atoms with Crippen molar-refractivity contribution in [3.05, 3.63) is 47.6 Å². The first-order chi connectivity index (χ1) is 13.0. The van der Waals surface area contributed by atoms with E-state index < -0.39 is 5.25 Å². The van der Waals surface area contributed by atoms with Crippen molar-refractivity contribution in [3.8, 4) is 17.1 Å². The zero-order valence-electron chi connectivity index (χ0n) is 14.6. The molecule has 0 saturated carbocycles. The van der Waals surface area contributed by atoms with Crippen LogP contribution in [0.1, 0.15) is 6.92 Å². The number of hydrogen-bond acceptors (Lipinski definition) is 7. The molecule has 0 radical (unpaired) electrons. The van der Waals surface area contributed by atoms with Gasteiger partial charge in [-0.1, -0.05) is 23.4 Å². The monoisotopic (exact) mass is 404 g/mol. The number of carbonyl (C=O) groups excluding carboxylic acids is 1. The number of nitrogens with one attached hydrogen (secondary N) is 1. The lowest BCUT2D eigenvalue weighted by molar-refractivity contribution is -0.115. The van der Waals surface area contributed by atoms with Gasteiger partial charge in [-0.3, -0.25) is 4.79 Å². The number of ether oxygens (including phenoxy) is 1. The highest BCUT2D eigenvalue weighted by atomic mass is 35.5. The Balaban J connectivity index is 1.68. The van der Waals surface area contributed by atoms with E-state index in [4.69, 9.17) is 22.2 Å². The van der Waals surface area contributed by atoms with E-state index in [-0.39, 0.29) is 5.91 Å². The van der Waals surface area contributed by atoms with Crippen molar-refractivity contribution in [1.29, 1.82) is 0 Å². The van der Waals surface area contributed by atoms with Crippen LogP contribution in [0, 0.1) is 0 Å². The molecule has 3 aromatic rings. The first-order valence-corrected chi connectivity index (χ1v) is 9.17. The second-order valence-electron chi connectivity index (χ2n) is 5.52. The lowest BCUT2D eigenvalue weighted by Crippen LogP contribution is -2.24. The number of nitrogen functional groups attached to an aromatic ring is 1. The van der Waals surface area contributed by atoms with Gasteiger partial charge < -0.3 is 15.9 Å². The molecule has 8 nitrogen and oxygen atoms in total. The highest BCUT2D eigenvalue weighted by molar-refractivity contribution is 8.00. The lowest BCUT2D eigenvalue weighted by atomic mass is 10.2. The smallest absolute Gasteiger partial charge is 0.238 e. The number of hydrogen-bond donors (Lipinski definition) is 2. The van der Waals surface area contributed by atoms with Crippen LogP contribution in [-0.2, 0) is 4.79 Å². The standard InChI is InChI=1S/C17H17ClN6O2S/c1-10(16(25)21-14-8-5-12(18)9-20-14)27-17-23-22-15(24(17)19)11-3-6-13(26-2)7-4-11/h3-10H,19H2,1-2H3,(H,20,21,25)/t10-/m0/s1. The molecule has 2 heterocycles. The number of thioether (sulfide) groups is 1. The Labute approximate surface area is 165 Å². The van der Waals surface area contributed by atoms with Gasteiger partial charge >= 0.3 is 0 Å². The third-order valence-electron chi connectivity index (χ3n) is 3.64. The maximum atomic E-state index is 12.3. The van der Waals surface area contributed by atoms with E-state index in [1.54, 1.807) is 26.2 Å². The van der Waals surface area contributed by atoms with Crippen LogP contribution in [0.2, 0.25) is 5.02 Å². The van der Waals surface area contributed by atoms with Crippen LogP contribution >= 0.6 is 23.4 Å². The van der Waals surface area contributed by atoms with Gasteiger partial charge in [-0.15, -0.1) is 10.2 Å². The minimum Gasteiger partial charge on any atom is -0.497 e. The number of pyridine rings is 1. The molecule has 140 valence electrons. The van der Waals surface area contributed by atoms with E-state index in [0.29, 0.717) is 21.8 Å². The van der Waals surface area contributed by atoms with Crippen LogP contribution in [0.5, 0.6) is 5.75 Å². The van der Waals surface area contributed by atoms with Crippen molar-refractivity contribution < 1.29 is 9.53 Å². The predicted octanol–water partition coefficient (Wildman–Crippen LogP) is 2.84. The van der Waals surface area contributed by atoms with Crippen LogP contribution in [0.15, 0.2) is 47.8 Å². The van der Waals surface area contributed by atoms with Crippen LogP contribution < -0.4 is 15.9 Å². The van der Waals surface area contributed by atoms with E-state index in [1.165, 1.54) is 22.6 Å². The van der Waals surface area contributed by atoms with E-state index in [2.05, 4.69) is 20.5 Å². The van der Waals surface area contributed by atoms with Gasteiger partial charge in [-0.05, 0) is 43.3 Å². The number of anilines is 1. The van der Waals surface area contributed by atoms with E-state index in [1.807, 2.05) is 24.3 Å². The molecule has 27 heavy (non-hydrogen) atoms. The normalized spacial score (nSPS) is 11.8. The molecule has 0 fully saturated rings. The zero-order valence-corrected chi connectivity index (χ0v) is 16.2. The van der Waals surface area contributed by atoms with Crippen LogP contribution in [0.3, 0.4) is 0 Å². The first kappa shape index (κ1) is 19.0. The molecule has 0 unspecified atom stereocenters. The second-order valence-corrected chi connectivity index (χ2v) is 7.26. The Kier molecular flexibility index (Phi) is 5.82. The molecule has 0 saturated heterocycles. The summed E-state index contributed by atoms with van der Waals surface area (Å²) in [5.74, 6) is 7.52. The predicted molar refractivity (Wildman–Crippen MR) is 105 cm³/mol. The number of carbonyl (C=O) groups is 1. The molecule has 0 aliphatic carbocycles. The molecule has 3 N–H and O–H groups in total. The number of amides is 1. The molecule has 0 spiro atoms. The molecular formula is C17H17ClN6O2S. The highest BCUT2D eigenvalue weighted by Crippen LogP contribution is 2.26. The number of halogens is 1. The van der Waals surface area contributed by atoms with Crippen molar-refractivity contribution in [2.75, 3.05) is 18.3 Å². The maximum Gasteiger partial charge on any atom is 0.238 e. The number of nitrogens with two attached hydrogens (primary N) is 1. The molecule has 2 aromatic heterocycles. The SMILES string of the molecule is COc1ccc(-c2nnc(S[C@@H](C)C(=O)Nc3ccc(Cl)cn3)n2N)cc1. The second kappa shape index (κ2) is 8.28. The Morgan fingerprint density at radius 3 is 2.63 bits per heavy atom. The topological polar surface area (TPSA) is 108 Å². The van der Waals surface area contributed by atoms with Crippen molar-refractivity contribution in [1.82, 2.24) is 19.9 Å². The zero-order chi connectivity index (χ0) is 19.4. The fourth-order valence-electron chi connectivity index (χ4n) is 2.18. The van der Waals surface area contributed by atoms with E-state index in [0.717, 1.165) is 11.3 Å². The van der Waals surface area contributed by atoms with Crippen LogP contribution in [0.4, 0.5) is 5.82 Å². The first-order valence-electron chi connectivity index (χ1n) is 7.92. The average molecular weight is 405 g/mol. The van der Waals surface area contributed by atoms with E-state index >= 15 is 0 Å². The fourth-order valence-corrected chi connectivity index (χ4v) is 3.07. The van der Waals surface area contributed by atoms with Crippen molar-refractivity contribution in [2.45, 2.75) is 17.3 Å². The summed E-state index contributed by atoms with van der Waals surface area (Å²) >= 11 is 6.98. The Hall–Kier alpha value is -2.78. The fraction of sp³-hybridized carbons (Fsp3) is 0.176. The van der Waals surface area contributed by atoms with Crippen molar-refractivity contribution in [3.63, 3.8) is 0 Å². The van der Waals surface area contributed by atoms with Crippen molar-refractivity contribution in [2.24, 2.45) is 0 Å². The Bertz CT molecular complexity index is 930. The third-order valence-corrected chi connectivity index (χ3v) is 4.92. The number of benzene rings is 1. The van der Waals surface area contributed by atoms with Gasteiger partial charge in [0.2, 0.25) is 11.1 Å². The van der Waals surface area contributed by atoms with Gasteiger partial charge in [-0.2, -0.15) is 0 Å². The average Bonchev–Trinajstić information content (AvgIpc) is 3.04. The maximum absolute atomic E-state index is 12.3. The molecular weight excluding hydrogens is 388 g/mol. The Morgan fingerprint density at radius 1 is 1.26 bits per heavy atom. The summed E-state index contributed by atoms with van der Waals surface area (Å²) in [5, 5.41) is 11.4. The summed E-state index contributed by atoms with van der Waals surface area (Å²) in [5.41, 5.74) is 0.792. The summed E-state index contributed by atoms with van der Waals surface area (Å²) in [6, 6.07) is 10.6.